The highest BCUT2D eigenvalue weighted by Gasteiger charge is 1.89. The van der Waals surface area contributed by atoms with Crippen molar-refractivity contribution in [3.05, 3.63) is 17.2 Å². The SMILES string of the molecule is CC(/C=C/N=O)CO. The van der Waals surface area contributed by atoms with E-state index in [1.54, 1.807) is 13.0 Å². The first-order chi connectivity index (χ1) is 3.81. The zero-order valence-corrected chi connectivity index (χ0v) is 4.74. The number of nitroso groups, excluding NO2 is 1. The van der Waals surface area contributed by atoms with Crippen molar-refractivity contribution in [2.24, 2.45) is 11.1 Å². The molecule has 0 fully saturated rings. The van der Waals surface area contributed by atoms with Crippen molar-refractivity contribution in [3.8, 4) is 0 Å². The van der Waals surface area contributed by atoms with E-state index in [0.29, 0.717) is 0 Å². The van der Waals surface area contributed by atoms with Gasteiger partial charge in [-0.3, -0.25) is 0 Å². The van der Waals surface area contributed by atoms with Crippen LogP contribution in [0.3, 0.4) is 0 Å². The molecule has 0 spiro atoms. The van der Waals surface area contributed by atoms with Crippen LogP contribution in [0, 0.1) is 10.8 Å². The van der Waals surface area contributed by atoms with E-state index in [1.165, 1.54) is 0 Å². The van der Waals surface area contributed by atoms with Gasteiger partial charge < -0.3 is 5.11 Å². The molecule has 1 unspecified atom stereocenters. The number of nitrogens with zero attached hydrogens (tertiary/aromatic N) is 1. The Labute approximate surface area is 48.0 Å². The second kappa shape index (κ2) is 4.46. The molecule has 8 heavy (non-hydrogen) atoms. The molecule has 46 valence electrons. The van der Waals surface area contributed by atoms with Crippen molar-refractivity contribution >= 4 is 0 Å². The molecule has 0 bridgehead atoms. The minimum absolute atomic E-state index is 0.0349. The Morgan fingerprint density at radius 3 is 2.88 bits per heavy atom. The van der Waals surface area contributed by atoms with Crippen LogP contribution >= 0.6 is 0 Å². The molecule has 0 aromatic rings. The molecule has 0 amide bonds. The van der Waals surface area contributed by atoms with E-state index in [4.69, 9.17) is 5.11 Å². The summed E-state index contributed by atoms with van der Waals surface area (Å²) >= 11 is 0. The first-order valence-corrected chi connectivity index (χ1v) is 2.41. The summed E-state index contributed by atoms with van der Waals surface area (Å²) < 4.78 is 0. The Hall–Kier alpha value is -0.700. The second-order valence-electron chi connectivity index (χ2n) is 1.61. The molecule has 0 aliphatic rings. The molecule has 0 saturated carbocycles. The van der Waals surface area contributed by atoms with E-state index in [2.05, 4.69) is 5.18 Å². The van der Waals surface area contributed by atoms with Crippen LogP contribution in [-0.4, -0.2) is 11.7 Å². The predicted molar refractivity (Wildman–Crippen MR) is 31.2 cm³/mol. The van der Waals surface area contributed by atoms with Gasteiger partial charge in [-0.15, -0.1) is 4.91 Å². The molecule has 3 heteroatoms. The Morgan fingerprint density at radius 1 is 1.88 bits per heavy atom. The maximum Gasteiger partial charge on any atom is 0.0678 e. The van der Waals surface area contributed by atoms with Gasteiger partial charge in [0.2, 0.25) is 0 Å². The van der Waals surface area contributed by atoms with Gasteiger partial charge in [-0.1, -0.05) is 13.0 Å². The van der Waals surface area contributed by atoms with Crippen molar-refractivity contribution in [1.82, 2.24) is 0 Å². The molecule has 0 aliphatic heterocycles. The lowest BCUT2D eigenvalue weighted by molar-refractivity contribution is 0.262. The standard InChI is InChI=1S/C5H9NO2/c1-5(4-7)2-3-6-8/h2-3,5,7H,4H2,1H3/b3-2+. The summed E-state index contributed by atoms with van der Waals surface area (Å²) in [7, 11) is 0. The van der Waals surface area contributed by atoms with Gasteiger partial charge >= 0.3 is 0 Å². The predicted octanol–water partition coefficient (Wildman–Crippen LogP) is 0.895. The minimum atomic E-state index is 0.0349. The number of aliphatic hydroxyl groups excluding tert-OH is 1. The molecule has 3 nitrogen and oxygen atoms in total. The molecular formula is C5H9NO2. The highest BCUT2D eigenvalue weighted by molar-refractivity contribution is 4.83. The molecule has 0 rings (SSSR count). The highest BCUT2D eigenvalue weighted by Crippen LogP contribution is 1.93. The molecule has 0 aromatic carbocycles. The van der Waals surface area contributed by atoms with E-state index in [9.17, 15) is 4.91 Å². The van der Waals surface area contributed by atoms with Crippen molar-refractivity contribution in [1.29, 1.82) is 0 Å². The first-order valence-electron chi connectivity index (χ1n) is 2.41. The summed E-state index contributed by atoms with van der Waals surface area (Å²) in [5, 5.41) is 10.8. The molecule has 0 heterocycles. The van der Waals surface area contributed by atoms with Crippen molar-refractivity contribution in [2.75, 3.05) is 6.61 Å². The minimum Gasteiger partial charge on any atom is -0.396 e. The second-order valence-corrected chi connectivity index (χ2v) is 1.61. The third kappa shape index (κ3) is 3.49. The third-order valence-corrected chi connectivity index (χ3v) is 0.763. The van der Waals surface area contributed by atoms with Crippen LogP contribution in [0.2, 0.25) is 0 Å². The van der Waals surface area contributed by atoms with Crippen LogP contribution in [0.4, 0.5) is 0 Å². The largest absolute Gasteiger partial charge is 0.396 e. The number of aliphatic hydroxyl groups is 1. The molecule has 0 radical (unpaired) electrons. The van der Waals surface area contributed by atoms with E-state index in [0.717, 1.165) is 6.20 Å². The maximum atomic E-state index is 9.41. The molecule has 1 atom stereocenters. The summed E-state index contributed by atoms with van der Waals surface area (Å²) in [5.41, 5.74) is 0. The average Bonchev–Trinajstić information content (AvgIpc) is 1.83. The highest BCUT2D eigenvalue weighted by atomic mass is 16.3. The van der Waals surface area contributed by atoms with E-state index >= 15 is 0 Å². The topological polar surface area (TPSA) is 49.7 Å². The van der Waals surface area contributed by atoms with Crippen LogP contribution in [0.5, 0.6) is 0 Å². The number of hydrogen-bond acceptors (Lipinski definition) is 3. The van der Waals surface area contributed by atoms with Gasteiger partial charge in [-0.05, 0) is 11.1 Å². The van der Waals surface area contributed by atoms with Crippen LogP contribution in [0.15, 0.2) is 17.5 Å². The van der Waals surface area contributed by atoms with Gasteiger partial charge in [0, 0.05) is 6.61 Å². The van der Waals surface area contributed by atoms with Crippen LogP contribution < -0.4 is 0 Å². The quantitative estimate of drug-likeness (QED) is 0.555. The summed E-state index contributed by atoms with van der Waals surface area (Å²) in [6, 6.07) is 0. The molecule has 1 N–H and O–H groups in total. The zero-order chi connectivity index (χ0) is 6.41. The van der Waals surface area contributed by atoms with Crippen molar-refractivity contribution < 1.29 is 5.11 Å². The summed E-state index contributed by atoms with van der Waals surface area (Å²) in [5.74, 6) is 0.0349. The van der Waals surface area contributed by atoms with Crippen molar-refractivity contribution in [2.45, 2.75) is 6.92 Å². The number of rotatable bonds is 3. The fraction of sp³-hybridized carbons (Fsp3) is 0.600. The first kappa shape index (κ1) is 7.30. The lowest BCUT2D eigenvalue weighted by Gasteiger charge is -1.94. The lowest BCUT2D eigenvalue weighted by Crippen LogP contribution is -1.93. The van der Waals surface area contributed by atoms with Gasteiger partial charge in [0.1, 0.15) is 0 Å². The maximum absolute atomic E-state index is 9.41. The van der Waals surface area contributed by atoms with E-state index in [-0.39, 0.29) is 12.5 Å². The van der Waals surface area contributed by atoms with Gasteiger partial charge in [0.05, 0.1) is 6.20 Å². The Balaban J connectivity index is 3.35. The average molecular weight is 115 g/mol. The monoisotopic (exact) mass is 115 g/mol. The van der Waals surface area contributed by atoms with Crippen LogP contribution in [0.25, 0.3) is 0 Å². The van der Waals surface area contributed by atoms with E-state index in [1.807, 2.05) is 0 Å². The summed E-state index contributed by atoms with van der Waals surface area (Å²) in [4.78, 5) is 9.41. The van der Waals surface area contributed by atoms with Crippen LogP contribution in [-0.2, 0) is 0 Å². The fourth-order valence-electron chi connectivity index (χ4n) is 0.243. The molecule has 0 aliphatic carbocycles. The van der Waals surface area contributed by atoms with Gasteiger partial charge in [-0.25, -0.2) is 0 Å². The number of hydrogen-bond donors (Lipinski definition) is 1. The third-order valence-electron chi connectivity index (χ3n) is 0.763. The Morgan fingerprint density at radius 2 is 2.50 bits per heavy atom. The lowest BCUT2D eigenvalue weighted by atomic mass is 10.2. The fourth-order valence-corrected chi connectivity index (χ4v) is 0.243. The van der Waals surface area contributed by atoms with Gasteiger partial charge in [-0.2, -0.15) is 0 Å². The van der Waals surface area contributed by atoms with E-state index < -0.39 is 0 Å². The Kier molecular flexibility index (Phi) is 4.07. The molecule has 0 aromatic heterocycles. The summed E-state index contributed by atoms with van der Waals surface area (Å²) in [6.45, 7) is 1.85. The van der Waals surface area contributed by atoms with Crippen LogP contribution in [0.1, 0.15) is 6.92 Å². The van der Waals surface area contributed by atoms with Gasteiger partial charge in [0.15, 0.2) is 0 Å². The molecule has 0 saturated heterocycles. The van der Waals surface area contributed by atoms with Gasteiger partial charge in [0.25, 0.3) is 0 Å². The van der Waals surface area contributed by atoms with Crippen molar-refractivity contribution in [3.63, 3.8) is 0 Å². The Bertz CT molecular complexity index is 90.4. The zero-order valence-electron chi connectivity index (χ0n) is 4.74. The normalized spacial score (nSPS) is 14.2. The molecular weight excluding hydrogens is 106 g/mol. The summed E-state index contributed by atoms with van der Waals surface area (Å²) in [6.07, 6.45) is 2.69. The smallest absolute Gasteiger partial charge is 0.0678 e.